The highest BCUT2D eigenvalue weighted by Gasteiger charge is 2.15. The zero-order valence-corrected chi connectivity index (χ0v) is 17.8. The second-order valence-corrected chi connectivity index (χ2v) is 7.54. The number of carbonyl (C=O) groups is 2. The van der Waals surface area contributed by atoms with E-state index in [4.69, 9.17) is 0 Å². The van der Waals surface area contributed by atoms with Crippen LogP contribution >= 0.6 is 0 Å². The molecule has 0 aliphatic rings. The average Bonchev–Trinajstić information content (AvgIpc) is 3.19. The van der Waals surface area contributed by atoms with Gasteiger partial charge >= 0.3 is 6.03 Å². The number of urea groups is 1. The first-order valence-corrected chi connectivity index (χ1v) is 9.76. The molecule has 0 spiro atoms. The number of hydrogen-bond acceptors (Lipinski definition) is 3. The van der Waals surface area contributed by atoms with Gasteiger partial charge in [-0.05, 0) is 49.6 Å². The molecule has 30 heavy (non-hydrogen) atoms. The Hall–Kier alpha value is -3.61. The summed E-state index contributed by atoms with van der Waals surface area (Å²) < 4.78 is 1.97. The van der Waals surface area contributed by atoms with Crippen LogP contribution in [0.2, 0.25) is 0 Å². The number of benzene rings is 2. The fraction of sp³-hybridized carbons (Fsp3) is 0.261. The number of rotatable bonds is 6. The van der Waals surface area contributed by atoms with Crippen LogP contribution < -0.4 is 10.6 Å². The van der Waals surface area contributed by atoms with E-state index in [1.54, 1.807) is 19.6 Å². The Labute approximate surface area is 176 Å². The summed E-state index contributed by atoms with van der Waals surface area (Å²) in [4.78, 5) is 30.2. The molecule has 0 radical (unpaired) electrons. The molecule has 0 aliphatic carbocycles. The normalized spacial score (nSPS) is 10.5. The van der Waals surface area contributed by atoms with Gasteiger partial charge in [0.2, 0.25) is 5.91 Å². The van der Waals surface area contributed by atoms with E-state index in [0.29, 0.717) is 12.2 Å². The molecule has 0 saturated carbocycles. The van der Waals surface area contributed by atoms with E-state index >= 15 is 0 Å². The van der Waals surface area contributed by atoms with E-state index in [2.05, 4.69) is 15.6 Å². The maximum atomic E-state index is 12.4. The number of hydrogen-bond donors (Lipinski definition) is 2. The second-order valence-electron chi connectivity index (χ2n) is 7.54. The fourth-order valence-corrected chi connectivity index (χ4v) is 3.35. The summed E-state index contributed by atoms with van der Waals surface area (Å²) in [7, 11) is 1.59. The molecule has 2 N–H and O–H groups in total. The van der Waals surface area contributed by atoms with E-state index < -0.39 is 0 Å². The van der Waals surface area contributed by atoms with Crippen molar-refractivity contribution >= 4 is 23.3 Å². The molecule has 0 aliphatic heterocycles. The summed E-state index contributed by atoms with van der Waals surface area (Å²) >= 11 is 0. The zero-order valence-electron chi connectivity index (χ0n) is 17.8. The summed E-state index contributed by atoms with van der Waals surface area (Å²) in [5.74, 6) is -0.238. The molecular formula is C23H27N5O2. The monoisotopic (exact) mass is 405 g/mol. The van der Waals surface area contributed by atoms with Crippen LogP contribution in [-0.2, 0) is 11.3 Å². The van der Waals surface area contributed by atoms with Crippen molar-refractivity contribution in [2.45, 2.75) is 27.3 Å². The lowest BCUT2D eigenvalue weighted by Crippen LogP contribution is -2.37. The van der Waals surface area contributed by atoms with Crippen LogP contribution in [0.4, 0.5) is 16.2 Å². The third-order valence-electron chi connectivity index (χ3n) is 4.80. The maximum absolute atomic E-state index is 12.4. The Bertz CT molecular complexity index is 1000. The van der Waals surface area contributed by atoms with Crippen LogP contribution in [0.5, 0.6) is 0 Å². The van der Waals surface area contributed by atoms with Crippen molar-refractivity contribution < 1.29 is 9.59 Å². The number of carbonyl (C=O) groups excluding carboxylic acids is 2. The van der Waals surface area contributed by atoms with Crippen LogP contribution in [0.3, 0.4) is 0 Å². The van der Waals surface area contributed by atoms with E-state index in [0.717, 1.165) is 27.9 Å². The highest BCUT2D eigenvalue weighted by Crippen LogP contribution is 2.21. The van der Waals surface area contributed by atoms with Gasteiger partial charge in [0.05, 0.1) is 6.33 Å². The minimum atomic E-state index is -0.343. The molecule has 3 aromatic rings. The Morgan fingerprint density at radius 3 is 2.30 bits per heavy atom. The lowest BCUT2D eigenvalue weighted by Gasteiger charge is -2.19. The number of aromatic nitrogens is 2. The van der Waals surface area contributed by atoms with Crippen molar-refractivity contribution in [3.05, 3.63) is 77.4 Å². The molecule has 7 nitrogen and oxygen atoms in total. The fourth-order valence-electron chi connectivity index (χ4n) is 3.35. The van der Waals surface area contributed by atoms with E-state index in [1.165, 1.54) is 4.90 Å². The minimum absolute atomic E-state index is 0.0443. The van der Waals surface area contributed by atoms with Gasteiger partial charge in [0.15, 0.2) is 0 Å². The summed E-state index contributed by atoms with van der Waals surface area (Å²) in [5.41, 5.74) is 5.73. The molecule has 1 heterocycles. The van der Waals surface area contributed by atoms with Crippen molar-refractivity contribution in [2.75, 3.05) is 24.2 Å². The number of aryl methyl sites for hydroxylation is 3. The molecule has 0 unspecified atom stereocenters. The molecule has 2 aromatic carbocycles. The molecule has 156 valence electrons. The number of imidazole rings is 1. The lowest BCUT2D eigenvalue weighted by molar-refractivity contribution is -0.116. The Morgan fingerprint density at radius 2 is 1.70 bits per heavy atom. The molecule has 0 saturated heterocycles. The smallest absolute Gasteiger partial charge is 0.322 e. The largest absolute Gasteiger partial charge is 0.333 e. The third kappa shape index (κ3) is 5.47. The van der Waals surface area contributed by atoms with Gasteiger partial charge in [-0.1, -0.05) is 29.8 Å². The third-order valence-corrected chi connectivity index (χ3v) is 4.80. The van der Waals surface area contributed by atoms with E-state index in [9.17, 15) is 9.59 Å². The van der Waals surface area contributed by atoms with Crippen LogP contribution in [0.1, 0.15) is 22.3 Å². The van der Waals surface area contributed by atoms with Gasteiger partial charge in [-0.3, -0.25) is 4.79 Å². The first-order chi connectivity index (χ1) is 14.3. The van der Waals surface area contributed by atoms with Gasteiger partial charge in [0.25, 0.3) is 0 Å². The van der Waals surface area contributed by atoms with Crippen LogP contribution in [0.15, 0.2) is 55.1 Å². The van der Waals surface area contributed by atoms with Crippen molar-refractivity contribution in [3.8, 4) is 0 Å². The lowest BCUT2D eigenvalue weighted by atomic mass is 10.1. The van der Waals surface area contributed by atoms with Gasteiger partial charge in [-0.25, -0.2) is 9.78 Å². The second kappa shape index (κ2) is 9.26. The van der Waals surface area contributed by atoms with Crippen LogP contribution in [0.25, 0.3) is 0 Å². The molecule has 3 amide bonds. The first-order valence-electron chi connectivity index (χ1n) is 9.76. The standard InChI is InChI=1S/C23H27N5O2/c1-16-11-17(2)22(18(3)12-16)26-21(29)14-27(4)23(30)25-20-7-5-19(6-8-20)13-28-10-9-24-15-28/h5-12,15H,13-14H2,1-4H3,(H,25,30)(H,26,29). The molecular weight excluding hydrogens is 378 g/mol. The van der Waals surface area contributed by atoms with Gasteiger partial charge in [0, 0.05) is 37.4 Å². The number of likely N-dealkylation sites (N-methyl/N-ethyl adjacent to an activating group) is 1. The molecule has 3 rings (SSSR count). The summed E-state index contributed by atoms with van der Waals surface area (Å²) in [6.07, 6.45) is 5.40. The Morgan fingerprint density at radius 1 is 1.03 bits per heavy atom. The van der Waals surface area contributed by atoms with Crippen molar-refractivity contribution in [1.82, 2.24) is 14.5 Å². The highest BCUT2D eigenvalue weighted by atomic mass is 16.2. The number of nitrogens with zero attached hydrogens (tertiary/aromatic N) is 3. The topological polar surface area (TPSA) is 79.3 Å². The predicted molar refractivity (Wildman–Crippen MR) is 119 cm³/mol. The van der Waals surface area contributed by atoms with Crippen LogP contribution in [0, 0.1) is 20.8 Å². The first kappa shape index (κ1) is 21.1. The Kier molecular flexibility index (Phi) is 6.51. The minimum Gasteiger partial charge on any atom is -0.333 e. The zero-order chi connectivity index (χ0) is 21.7. The maximum Gasteiger partial charge on any atom is 0.322 e. The van der Waals surface area contributed by atoms with Gasteiger partial charge in [-0.2, -0.15) is 0 Å². The number of anilines is 2. The molecule has 0 atom stereocenters. The number of nitrogens with one attached hydrogen (secondary N) is 2. The van der Waals surface area contributed by atoms with Gasteiger partial charge < -0.3 is 20.1 Å². The van der Waals surface area contributed by atoms with Crippen LogP contribution in [-0.4, -0.2) is 40.0 Å². The predicted octanol–water partition coefficient (Wildman–Crippen LogP) is 3.96. The quantitative estimate of drug-likeness (QED) is 0.651. The van der Waals surface area contributed by atoms with E-state index in [1.807, 2.05) is 67.9 Å². The van der Waals surface area contributed by atoms with Crippen molar-refractivity contribution in [3.63, 3.8) is 0 Å². The van der Waals surface area contributed by atoms with E-state index in [-0.39, 0.29) is 18.5 Å². The summed E-state index contributed by atoms with van der Waals surface area (Å²) in [6.45, 7) is 6.61. The van der Waals surface area contributed by atoms with Gasteiger partial charge in [0.1, 0.15) is 6.54 Å². The van der Waals surface area contributed by atoms with Crippen molar-refractivity contribution in [1.29, 1.82) is 0 Å². The Balaban J connectivity index is 1.53. The molecule has 0 fully saturated rings. The van der Waals surface area contributed by atoms with Crippen molar-refractivity contribution in [2.24, 2.45) is 0 Å². The molecule has 7 heteroatoms. The summed E-state index contributed by atoms with van der Waals surface area (Å²) in [6, 6.07) is 11.3. The SMILES string of the molecule is Cc1cc(C)c(NC(=O)CN(C)C(=O)Nc2ccc(Cn3ccnc3)cc2)c(C)c1. The molecule has 1 aromatic heterocycles. The molecule has 0 bridgehead atoms. The summed E-state index contributed by atoms with van der Waals surface area (Å²) in [5, 5.41) is 5.73. The highest BCUT2D eigenvalue weighted by molar-refractivity contribution is 5.97. The average molecular weight is 406 g/mol. The van der Waals surface area contributed by atoms with Gasteiger partial charge in [-0.15, -0.1) is 0 Å². The number of amides is 3.